The molecule has 10 heteroatoms. The summed E-state index contributed by atoms with van der Waals surface area (Å²) in [7, 11) is 10.8. The number of rotatable bonds is 0. The molecule has 0 N–H and O–H groups in total. The van der Waals surface area contributed by atoms with Crippen LogP contribution in [-0.2, 0) is 0 Å². The molecule has 60 valence electrons. The Kier molecular flexibility index (Phi) is 4.02. The molecule has 2 atom stereocenters. The van der Waals surface area contributed by atoms with Crippen molar-refractivity contribution < 1.29 is 0 Å². The van der Waals surface area contributed by atoms with Gasteiger partial charge >= 0.3 is 0 Å². The van der Waals surface area contributed by atoms with Gasteiger partial charge in [-0.3, -0.25) is 0 Å². The van der Waals surface area contributed by atoms with Crippen LogP contribution in [0.5, 0.6) is 0 Å². The van der Waals surface area contributed by atoms with Gasteiger partial charge in [0.25, 0.3) is 0 Å². The van der Waals surface area contributed by atoms with Gasteiger partial charge in [0.2, 0.25) is 0 Å². The Balaban J connectivity index is 2.52. The van der Waals surface area contributed by atoms with Gasteiger partial charge in [-0.1, -0.05) is 0 Å². The van der Waals surface area contributed by atoms with Gasteiger partial charge in [-0.15, -0.1) is 0 Å². The summed E-state index contributed by atoms with van der Waals surface area (Å²) in [6.45, 7) is 0. The molecule has 1 fully saturated rings. The van der Waals surface area contributed by atoms with Gasteiger partial charge in [0.05, 0.1) is 0 Å². The molecule has 1 heterocycles. The van der Waals surface area contributed by atoms with Crippen molar-refractivity contribution in [1.29, 1.82) is 0 Å². The van der Waals surface area contributed by atoms with Crippen molar-refractivity contribution in [3.63, 3.8) is 0 Å². The summed E-state index contributed by atoms with van der Waals surface area (Å²) >= 11 is 0. The first-order chi connectivity index (χ1) is 4.52. The van der Waals surface area contributed by atoms with Gasteiger partial charge in [0, 0.05) is 0 Å². The summed E-state index contributed by atoms with van der Waals surface area (Å²) in [5, 5.41) is 0. The second-order valence-electron chi connectivity index (χ2n) is 4.77. The van der Waals surface area contributed by atoms with Crippen LogP contribution < -0.4 is 0 Å². The molecule has 0 aromatic heterocycles. The highest BCUT2D eigenvalue weighted by Crippen LogP contribution is 1.97. The predicted molar refractivity (Wildman–Crippen MR) is 85.4 cm³/mol. The summed E-state index contributed by atoms with van der Waals surface area (Å²) < 4.78 is 0. The molecule has 0 nitrogen and oxygen atoms in total. The highest BCUT2D eigenvalue weighted by Gasteiger charge is 2.34. The van der Waals surface area contributed by atoms with Gasteiger partial charge < -0.3 is 0 Å². The average molecular weight is 301 g/mol. The fraction of sp³-hybridized carbons (Fsp3) is 0. The van der Waals surface area contributed by atoms with Crippen molar-refractivity contribution in [3.05, 3.63) is 0 Å². The van der Waals surface area contributed by atoms with Gasteiger partial charge in [0.1, 0.15) is 0 Å². The van der Waals surface area contributed by atoms with E-state index in [9.17, 15) is 0 Å². The van der Waals surface area contributed by atoms with Crippen LogP contribution in [-0.4, -0.2) is 85.5 Å². The number of hydrogen-bond donors (Lipinski definition) is 0. The van der Waals surface area contributed by atoms with E-state index in [1.165, 1.54) is 0 Å². The Labute approximate surface area is 85.0 Å². The minimum atomic E-state index is 0.0620. The van der Waals surface area contributed by atoms with Crippen molar-refractivity contribution in [2.45, 2.75) is 0 Å². The first kappa shape index (κ1) is 10.3. The SMILES string of the molecule is [SiH3][SiH]1[SiH2][SiH2][Si]([SiH3])([SiH3])[SiH]([SiH3])[SiH2]1. The lowest BCUT2D eigenvalue weighted by Gasteiger charge is -2.35. The van der Waals surface area contributed by atoms with Crippen molar-refractivity contribution >= 4 is 85.5 Å². The standard InChI is InChI=1S/H20Si10/c1-8-5-6-10(3,4)9(2)7-8/h8-9H,5-7H2,1-4H3. The zero-order valence-electron chi connectivity index (χ0n) is 7.78. The van der Waals surface area contributed by atoms with E-state index in [0.29, 0.717) is 14.7 Å². The third-order valence-electron chi connectivity index (χ3n) is 3.37. The molecule has 1 aliphatic rings. The lowest BCUT2D eigenvalue weighted by molar-refractivity contribution is 3.41. The first-order valence-electron chi connectivity index (χ1n) is 4.52. The minimum Gasteiger partial charge on any atom is -0.0115 e. The fourth-order valence-electron chi connectivity index (χ4n) is 1.91. The zero-order valence-corrected chi connectivity index (χ0v) is 23.3. The van der Waals surface area contributed by atoms with Gasteiger partial charge in [-0.25, -0.2) is 0 Å². The largest absolute Gasteiger partial charge is 0.0115 e. The van der Waals surface area contributed by atoms with Crippen LogP contribution in [0.25, 0.3) is 0 Å². The second-order valence-corrected chi connectivity index (χ2v) is 129. The first-order valence-corrected chi connectivity index (χ1v) is 40.7. The Hall–Kier alpha value is 2.17. The maximum absolute atomic E-state index is 1.85. The normalized spacial score (nSPS) is 57.6. The van der Waals surface area contributed by atoms with Crippen LogP contribution in [0.1, 0.15) is 0 Å². The van der Waals surface area contributed by atoms with Gasteiger partial charge in [0.15, 0.2) is 0 Å². The fourth-order valence-corrected chi connectivity index (χ4v) is 463. The predicted octanol–water partition coefficient (Wildman–Crippen LogP) is -9.16. The molecule has 0 aromatic carbocycles. The monoisotopic (exact) mass is 300 g/mol. The summed E-state index contributed by atoms with van der Waals surface area (Å²) in [4.78, 5) is 0. The Bertz CT molecular complexity index is 113. The third kappa shape index (κ3) is 2.59. The topological polar surface area (TPSA) is 0 Å². The van der Waals surface area contributed by atoms with E-state index in [4.69, 9.17) is 0 Å². The van der Waals surface area contributed by atoms with Gasteiger partial charge in [-0.05, 0) is 85.5 Å². The maximum atomic E-state index is 1.85. The second kappa shape index (κ2) is 3.92. The Morgan fingerprint density at radius 1 is 1.20 bits per heavy atom. The average Bonchev–Trinajstić information content (AvgIpc) is 1.81. The van der Waals surface area contributed by atoms with Crippen LogP contribution in [0.2, 0.25) is 0 Å². The third-order valence-corrected chi connectivity index (χ3v) is 273. The zero-order chi connectivity index (χ0) is 7.78. The molecule has 0 aliphatic carbocycles. The van der Waals surface area contributed by atoms with Crippen LogP contribution >= 0.6 is 0 Å². The molecule has 1 rings (SSSR count). The van der Waals surface area contributed by atoms with Crippen LogP contribution in [0.15, 0.2) is 0 Å². The van der Waals surface area contributed by atoms with E-state index in [-0.39, 0.29) is 6.14 Å². The van der Waals surface area contributed by atoms with E-state index in [2.05, 4.69) is 0 Å². The summed E-state index contributed by atoms with van der Waals surface area (Å²) in [5.74, 6) is 0. The molecule has 1 saturated heterocycles. The van der Waals surface area contributed by atoms with Crippen molar-refractivity contribution in [1.82, 2.24) is 0 Å². The molecule has 0 amide bonds. The van der Waals surface area contributed by atoms with E-state index in [1.807, 2.05) is 39.0 Å². The van der Waals surface area contributed by atoms with Crippen LogP contribution in [0, 0.1) is 0 Å². The molecule has 0 spiro atoms. The Morgan fingerprint density at radius 3 is 2.20 bits per heavy atom. The summed E-state index contributed by atoms with van der Waals surface area (Å²) in [6, 6.07) is 0. The molecule has 0 saturated carbocycles. The van der Waals surface area contributed by atoms with E-state index >= 15 is 0 Å². The van der Waals surface area contributed by atoms with Crippen molar-refractivity contribution in [2.24, 2.45) is 0 Å². The lowest BCUT2D eigenvalue weighted by Crippen LogP contribution is -2.73. The molecule has 0 bridgehead atoms. The van der Waals surface area contributed by atoms with Crippen molar-refractivity contribution in [2.75, 3.05) is 0 Å². The summed E-state index contributed by atoms with van der Waals surface area (Å²) in [5.41, 5.74) is 0. The molecular weight excluding hydrogens is 281 g/mol. The minimum absolute atomic E-state index is 0.0620. The quantitative estimate of drug-likeness (QED) is 0.390. The smallest absolute Gasteiger partial charge is 0.00537 e. The van der Waals surface area contributed by atoms with Crippen LogP contribution in [0.3, 0.4) is 0 Å². The van der Waals surface area contributed by atoms with Crippen LogP contribution in [0.4, 0.5) is 0 Å². The van der Waals surface area contributed by atoms with E-state index in [0.717, 1.165) is 25.7 Å². The molecular formula is H20Si10. The molecule has 0 aromatic rings. The molecule has 1 aliphatic heterocycles. The maximum Gasteiger partial charge on any atom is -0.00537 e. The Morgan fingerprint density at radius 2 is 1.80 bits per heavy atom. The highest BCUT2D eigenvalue weighted by molar-refractivity contribution is 8.11. The van der Waals surface area contributed by atoms with E-state index in [1.54, 1.807) is 0 Å². The molecule has 0 radical (unpaired) electrons. The van der Waals surface area contributed by atoms with Gasteiger partial charge in [-0.2, -0.15) is 0 Å². The number of hydrogen-bond acceptors (Lipinski definition) is 0. The lowest BCUT2D eigenvalue weighted by atomic mass is 25.7. The summed E-state index contributed by atoms with van der Waals surface area (Å²) in [6.07, 6.45) is 0.0620. The highest BCUT2D eigenvalue weighted by atomic mass is 30.4. The van der Waals surface area contributed by atoms with E-state index < -0.39 is 0 Å². The molecule has 10 heavy (non-hydrogen) atoms. The molecule has 2 unspecified atom stereocenters. The van der Waals surface area contributed by atoms with Crippen molar-refractivity contribution in [3.8, 4) is 0 Å².